The maximum Gasteiger partial charge on any atom is 0.326 e. The summed E-state index contributed by atoms with van der Waals surface area (Å²) in [6.07, 6.45) is 3.87. The van der Waals surface area contributed by atoms with Crippen molar-refractivity contribution in [2.45, 2.75) is 58.0 Å². The Morgan fingerprint density at radius 1 is 1.15 bits per heavy atom. The second-order valence-corrected chi connectivity index (χ2v) is 5.38. The number of rotatable bonds is 12. The summed E-state index contributed by atoms with van der Waals surface area (Å²) in [4.78, 5) is 12.1. The predicted octanol–water partition coefficient (Wildman–Crippen LogP) is 1.89. The summed E-state index contributed by atoms with van der Waals surface area (Å²) >= 11 is 0. The van der Waals surface area contributed by atoms with E-state index < -0.39 is 5.54 Å². The molecule has 0 amide bonds. The second-order valence-electron chi connectivity index (χ2n) is 5.38. The van der Waals surface area contributed by atoms with Gasteiger partial charge in [-0.2, -0.15) is 0 Å². The van der Waals surface area contributed by atoms with E-state index in [1.54, 1.807) is 0 Å². The molecule has 1 aliphatic carbocycles. The topological polar surface area (TPSA) is 56.8 Å². The van der Waals surface area contributed by atoms with Crippen LogP contribution in [0.15, 0.2) is 0 Å². The molecule has 1 saturated carbocycles. The molecule has 1 aliphatic rings. The standard InChI is InChI=1S/C15H29NO4/c1-4-18-11-12-19-10-6-9-15(3,14(17)20-5-2)16-13-7-8-13/h13,16H,4-12H2,1-3H3. The summed E-state index contributed by atoms with van der Waals surface area (Å²) in [5.74, 6) is -0.152. The van der Waals surface area contributed by atoms with Crippen molar-refractivity contribution in [2.75, 3.05) is 33.0 Å². The Bertz CT molecular complexity index is 281. The third kappa shape index (κ3) is 6.68. The first-order valence-electron chi connectivity index (χ1n) is 7.72. The van der Waals surface area contributed by atoms with E-state index >= 15 is 0 Å². The highest BCUT2D eigenvalue weighted by Gasteiger charge is 2.39. The first kappa shape index (κ1) is 17.4. The Morgan fingerprint density at radius 3 is 2.45 bits per heavy atom. The summed E-state index contributed by atoms with van der Waals surface area (Å²) in [5.41, 5.74) is -0.583. The fraction of sp³-hybridized carbons (Fsp3) is 0.933. The smallest absolute Gasteiger partial charge is 0.326 e. The van der Waals surface area contributed by atoms with E-state index in [2.05, 4.69) is 5.32 Å². The molecule has 1 rings (SSSR count). The van der Waals surface area contributed by atoms with Gasteiger partial charge in [0.05, 0.1) is 19.8 Å². The van der Waals surface area contributed by atoms with Gasteiger partial charge in [-0.05, 0) is 46.5 Å². The largest absolute Gasteiger partial charge is 0.465 e. The number of esters is 1. The SMILES string of the molecule is CCOCCOCCCC(C)(NC1CC1)C(=O)OCC. The molecular weight excluding hydrogens is 258 g/mol. The van der Waals surface area contributed by atoms with Crippen LogP contribution in [-0.4, -0.2) is 50.6 Å². The van der Waals surface area contributed by atoms with Crippen molar-refractivity contribution in [2.24, 2.45) is 0 Å². The Balaban J connectivity index is 2.23. The van der Waals surface area contributed by atoms with Crippen LogP contribution < -0.4 is 5.32 Å². The second kappa shape index (κ2) is 9.32. The fourth-order valence-electron chi connectivity index (χ4n) is 2.09. The van der Waals surface area contributed by atoms with Crippen LogP contribution in [0, 0.1) is 0 Å². The molecule has 1 N–H and O–H groups in total. The van der Waals surface area contributed by atoms with E-state index in [1.807, 2.05) is 20.8 Å². The van der Waals surface area contributed by atoms with Crippen LogP contribution in [0.5, 0.6) is 0 Å². The zero-order valence-corrected chi connectivity index (χ0v) is 13.1. The highest BCUT2D eigenvalue weighted by Crippen LogP contribution is 2.25. The number of hydrogen-bond donors (Lipinski definition) is 1. The molecule has 1 atom stereocenters. The summed E-state index contributed by atoms with van der Waals surface area (Å²) in [7, 11) is 0. The van der Waals surface area contributed by atoms with Crippen LogP contribution in [-0.2, 0) is 19.0 Å². The average molecular weight is 287 g/mol. The number of nitrogens with one attached hydrogen (secondary N) is 1. The van der Waals surface area contributed by atoms with Crippen LogP contribution in [0.1, 0.15) is 46.5 Å². The molecule has 0 bridgehead atoms. The van der Waals surface area contributed by atoms with Gasteiger partial charge in [0.2, 0.25) is 0 Å². The lowest BCUT2D eigenvalue weighted by atomic mass is 9.95. The minimum atomic E-state index is -0.583. The maximum absolute atomic E-state index is 12.1. The number of carbonyl (C=O) groups is 1. The van der Waals surface area contributed by atoms with Crippen LogP contribution >= 0.6 is 0 Å². The van der Waals surface area contributed by atoms with Crippen molar-refractivity contribution in [1.82, 2.24) is 5.32 Å². The van der Waals surface area contributed by atoms with Crippen molar-refractivity contribution in [3.63, 3.8) is 0 Å². The van der Waals surface area contributed by atoms with Crippen LogP contribution in [0.3, 0.4) is 0 Å². The molecule has 0 aromatic heterocycles. The molecule has 1 fully saturated rings. The average Bonchev–Trinajstić information content (AvgIpc) is 3.22. The lowest BCUT2D eigenvalue weighted by Crippen LogP contribution is -2.51. The molecule has 0 aromatic rings. The van der Waals surface area contributed by atoms with E-state index in [4.69, 9.17) is 14.2 Å². The van der Waals surface area contributed by atoms with Crippen LogP contribution in [0.4, 0.5) is 0 Å². The molecule has 1 unspecified atom stereocenters. The zero-order valence-electron chi connectivity index (χ0n) is 13.1. The third-order valence-electron chi connectivity index (χ3n) is 3.37. The Morgan fingerprint density at radius 2 is 1.85 bits per heavy atom. The molecule has 0 spiro atoms. The van der Waals surface area contributed by atoms with Gasteiger partial charge in [-0.3, -0.25) is 10.1 Å². The van der Waals surface area contributed by atoms with Gasteiger partial charge in [-0.15, -0.1) is 0 Å². The van der Waals surface area contributed by atoms with Crippen molar-refractivity contribution < 1.29 is 19.0 Å². The molecule has 118 valence electrons. The Hall–Kier alpha value is -0.650. The van der Waals surface area contributed by atoms with Gasteiger partial charge in [0.25, 0.3) is 0 Å². The van der Waals surface area contributed by atoms with Gasteiger partial charge < -0.3 is 14.2 Å². The number of ether oxygens (including phenoxy) is 3. The van der Waals surface area contributed by atoms with Gasteiger partial charge in [0, 0.05) is 19.3 Å². The fourth-order valence-corrected chi connectivity index (χ4v) is 2.09. The molecule has 0 aliphatic heterocycles. The van der Waals surface area contributed by atoms with Crippen molar-refractivity contribution in [1.29, 1.82) is 0 Å². The first-order valence-corrected chi connectivity index (χ1v) is 7.72. The summed E-state index contributed by atoms with van der Waals surface area (Å²) in [5, 5.41) is 3.41. The molecule has 5 heteroatoms. The van der Waals surface area contributed by atoms with E-state index in [1.165, 1.54) is 0 Å². The van der Waals surface area contributed by atoms with Gasteiger partial charge in [-0.1, -0.05) is 0 Å². The van der Waals surface area contributed by atoms with E-state index in [-0.39, 0.29) is 5.97 Å². The molecule has 0 aromatic carbocycles. The summed E-state index contributed by atoms with van der Waals surface area (Å²) in [6, 6.07) is 0.475. The van der Waals surface area contributed by atoms with Crippen LogP contribution in [0.25, 0.3) is 0 Å². The Kier molecular flexibility index (Phi) is 8.11. The van der Waals surface area contributed by atoms with Crippen molar-refractivity contribution in [3.05, 3.63) is 0 Å². The highest BCUT2D eigenvalue weighted by atomic mass is 16.5. The molecule has 0 heterocycles. The summed E-state index contributed by atoms with van der Waals surface area (Å²) in [6.45, 7) is 8.77. The van der Waals surface area contributed by atoms with Gasteiger partial charge >= 0.3 is 5.97 Å². The van der Waals surface area contributed by atoms with Gasteiger partial charge in [-0.25, -0.2) is 0 Å². The quantitative estimate of drug-likeness (QED) is 0.439. The predicted molar refractivity (Wildman–Crippen MR) is 77.7 cm³/mol. The lowest BCUT2D eigenvalue weighted by Gasteiger charge is -2.28. The molecule has 20 heavy (non-hydrogen) atoms. The van der Waals surface area contributed by atoms with E-state index in [0.717, 1.165) is 32.3 Å². The normalized spacial score (nSPS) is 17.8. The van der Waals surface area contributed by atoms with E-state index in [0.29, 0.717) is 32.5 Å². The van der Waals surface area contributed by atoms with Crippen molar-refractivity contribution >= 4 is 5.97 Å². The number of hydrogen-bond acceptors (Lipinski definition) is 5. The molecule has 0 saturated heterocycles. The Labute approximate surface area is 122 Å². The highest BCUT2D eigenvalue weighted by molar-refractivity contribution is 5.80. The maximum atomic E-state index is 12.1. The molecule has 0 radical (unpaired) electrons. The zero-order chi connectivity index (χ0) is 14.8. The third-order valence-corrected chi connectivity index (χ3v) is 3.37. The summed E-state index contributed by atoms with van der Waals surface area (Å²) < 4.78 is 15.9. The monoisotopic (exact) mass is 287 g/mol. The first-order chi connectivity index (χ1) is 9.62. The van der Waals surface area contributed by atoms with Crippen LogP contribution in [0.2, 0.25) is 0 Å². The van der Waals surface area contributed by atoms with E-state index in [9.17, 15) is 4.79 Å². The van der Waals surface area contributed by atoms with Gasteiger partial charge in [0.15, 0.2) is 0 Å². The minimum absolute atomic E-state index is 0.152. The molecule has 5 nitrogen and oxygen atoms in total. The van der Waals surface area contributed by atoms with Crippen molar-refractivity contribution in [3.8, 4) is 0 Å². The van der Waals surface area contributed by atoms with Gasteiger partial charge in [0.1, 0.15) is 5.54 Å². The molecular formula is C15H29NO4. The lowest BCUT2D eigenvalue weighted by molar-refractivity contribution is -0.151. The minimum Gasteiger partial charge on any atom is -0.465 e. The number of carbonyl (C=O) groups excluding carboxylic acids is 1.